The van der Waals surface area contributed by atoms with Crippen molar-refractivity contribution < 1.29 is 0 Å². The number of nitrogens with two attached hydrogens (primary N) is 1. The van der Waals surface area contributed by atoms with Crippen LogP contribution in [0.2, 0.25) is 10.0 Å². The minimum atomic E-state index is 0.449. The molecule has 20 heavy (non-hydrogen) atoms. The van der Waals surface area contributed by atoms with E-state index in [1.165, 1.54) is 6.20 Å². The summed E-state index contributed by atoms with van der Waals surface area (Å²) in [5.74, 6) is 0.540. The predicted molar refractivity (Wildman–Crippen MR) is 81.2 cm³/mol. The summed E-state index contributed by atoms with van der Waals surface area (Å²) in [7, 11) is 0. The van der Waals surface area contributed by atoms with Gasteiger partial charge in [0.2, 0.25) is 0 Å². The van der Waals surface area contributed by atoms with E-state index in [0.717, 1.165) is 16.8 Å². The van der Waals surface area contributed by atoms with Crippen molar-refractivity contribution in [1.29, 1.82) is 0 Å². The van der Waals surface area contributed by atoms with Gasteiger partial charge in [0.1, 0.15) is 0 Å². The Morgan fingerprint density at radius 1 is 1.00 bits per heavy atom. The molecule has 2 N–H and O–H groups in total. The second-order valence-corrected chi connectivity index (χ2v) is 5.10. The molecule has 2 aromatic heterocycles. The van der Waals surface area contributed by atoms with E-state index in [1.807, 2.05) is 30.5 Å². The Labute approximate surface area is 125 Å². The van der Waals surface area contributed by atoms with Crippen molar-refractivity contribution in [2.75, 3.05) is 5.73 Å². The van der Waals surface area contributed by atoms with Crippen LogP contribution in [0.1, 0.15) is 0 Å². The van der Waals surface area contributed by atoms with Crippen molar-refractivity contribution in [2.24, 2.45) is 0 Å². The smallest absolute Gasteiger partial charge is 0.172 e. The Balaban J connectivity index is 1.99. The lowest BCUT2D eigenvalue weighted by molar-refractivity contribution is 0.847. The third kappa shape index (κ3) is 2.48. The number of pyridine rings is 1. The molecule has 0 aliphatic carbocycles. The highest BCUT2D eigenvalue weighted by Gasteiger charge is 2.08. The molecule has 6 heteroatoms. The van der Waals surface area contributed by atoms with E-state index in [2.05, 4.69) is 10.1 Å². The van der Waals surface area contributed by atoms with E-state index in [1.54, 1.807) is 16.9 Å². The quantitative estimate of drug-likeness (QED) is 0.732. The topological polar surface area (TPSA) is 56.7 Å². The van der Waals surface area contributed by atoms with Crippen LogP contribution in [-0.2, 0) is 0 Å². The monoisotopic (exact) mass is 304 g/mol. The van der Waals surface area contributed by atoms with Crippen LogP contribution in [0.15, 0.2) is 48.9 Å². The van der Waals surface area contributed by atoms with Gasteiger partial charge in [0.05, 0.1) is 16.2 Å². The summed E-state index contributed by atoms with van der Waals surface area (Å²) in [5, 5.41) is 5.21. The Morgan fingerprint density at radius 2 is 1.75 bits per heavy atom. The largest absolute Gasteiger partial charge is 0.399 e. The number of hydrogen-bond acceptors (Lipinski definition) is 3. The molecular weight excluding hydrogens is 295 g/mol. The van der Waals surface area contributed by atoms with Gasteiger partial charge in [-0.25, -0.2) is 9.67 Å². The highest BCUT2D eigenvalue weighted by Crippen LogP contribution is 2.24. The van der Waals surface area contributed by atoms with Gasteiger partial charge in [0.15, 0.2) is 5.82 Å². The summed E-state index contributed by atoms with van der Waals surface area (Å²) in [6.45, 7) is 0. The van der Waals surface area contributed by atoms with Crippen molar-refractivity contribution in [1.82, 2.24) is 14.8 Å². The van der Waals surface area contributed by atoms with Crippen LogP contribution >= 0.6 is 23.2 Å². The molecular formula is C14H10Cl2N4. The fourth-order valence-electron chi connectivity index (χ4n) is 1.84. The zero-order chi connectivity index (χ0) is 14.1. The lowest BCUT2D eigenvalue weighted by Crippen LogP contribution is -1.98. The number of anilines is 1. The molecule has 0 unspecified atom stereocenters. The molecule has 0 bridgehead atoms. The molecule has 0 saturated heterocycles. The molecule has 0 aliphatic rings. The van der Waals surface area contributed by atoms with Gasteiger partial charge < -0.3 is 5.73 Å². The Morgan fingerprint density at radius 3 is 2.45 bits per heavy atom. The average molecular weight is 305 g/mol. The second-order valence-electron chi connectivity index (χ2n) is 4.25. The predicted octanol–water partition coefficient (Wildman–Crippen LogP) is 3.82. The Hall–Kier alpha value is -2.04. The number of nitrogens with zero attached hydrogens (tertiary/aromatic N) is 3. The first-order valence-electron chi connectivity index (χ1n) is 5.85. The van der Waals surface area contributed by atoms with Crippen LogP contribution < -0.4 is 5.73 Å². The molecule has 0 fully saturated rings. The van der Waals surface area contributed by atoms with Crippen molar-refractivity contribution in [3.63, 3.8) is 0 Å². The van der Waals surface area contributed by atoms with Crippen molar-refractivity contribution in [2.45, 2.75) is 0 Å². The number of benzene rings is 1. The summed E-state index contributed by atoms with van der Waals surface area (Å²) >= 11 is 11.9. The summed E-state index contributed by atoms with van der Waals surface area (Å²) in [6, 6.07) is 9.21. The maximum Gasteiger partial charge on any atom is 0.172 e. The van der Waals surface area contributed by atoms with E-state index >= 15 is 0 Å². The van der Waals surface area contributed by atoms with Crippen LogP contribution in [0.4, 0.5) is 5.69 Å². The lowest BCUT2D eigenvalue weighted by Gasteiger charge is -2.03. The van der Waals surface area contributed by atoms with E-state index < -0.39 is 0 Å². The van der Waals surface area contributed by atoms with E-state index in [-0.39, 0.29) is 0 Å². The SMILES string of the molecule is Nc1ccc(-c2cnn(-c3ncc(Cl)cc3Cl)c2)cc1. The molecule has 2 heterocycles. The van der Waals surface area contributed by atoms with E-state index in [9.17, 15) is 0 Å². The molecule has 0 spiro atoms. The van der Waals surface area contributed by atoms with E-state index in [0.29, 0.717) is 15.9 Å². The zero-order valence-electron chi connectivity index (χ0n) is 10.3. The lowest BCUT2D eigenvalue weighted by atomic mass is 10.1. The van der Waals surface area contributed by atoms with Crippen molar-refractivity contribution in [3.05, 3.63) is 59.0 Å². The molecule has 0 radical (unpaired) electrons. The number of nitrogen functional groups attached to an aromatic ring is 1. The summed E-state index contributed by atoms with van der Waals surface area (Å²) in [5.41, 5.74) is 8.38. The van der Waals surface area contributed by atoms with Gasteiger partial charge in [-0.3, -0.25) is 0 Å². The maximum atomic E-state index is 6.12. The first kappa shape index (κ1) is 13.0. The maximum absolute atomic E-state index is 6.12. The molecule has 3 aromatic rings. The molecule has 100 valence electrons. The Kier molecular flexibility index (Phi) is 3.34. The summed E-state index contributed by atoms with van der Waals surface area (Å²) < 4.78 is 1.62. The molecule has 0 amide bonds. The number of aromatic nitrogens is 3. The number of rotatable bonds is 2. The molecule has 0 atom stereocenters. The average Bonchev–Trinajstić information content (AvgIpc) is 2.89. The molecule has 0 aliphatic heterocycles. The normalized spacial score (nSPS) is 10.7. The van der Waals surface area contributed by atoms with Gasteiger partial charge in [0, 0.05) is 23.6 Å². The minimum Gasteiger partial charge on any atom is -0.399 e. The van der Waals surface area contributed by atoms with Crippen LogP contribution in [0.25, 0.3) is 16.9 Å². The van der Waals surface area contributed by atoms with Gasteiger partial charge in [-0.15, -0.1) is 0 Å². The third-order valence-corrected chi connectivity index (χ3v) is 3.32. The first-order valence-corrected chi connectivity index (χ1v) is 6.61. The molecule has 3 rings (SSSR count). The first-order chi connectivity index (χ1) is 9.63. The number of halogens is 2. The molecule has 1 aromatic carbocycles. The highest BCUT2D eigenvalue weighted by molar-refractivity contribution is 6.35. The standard InChI is InChI=1S/C14H10Cl2N4/c15-11-5-13(16)14(18-7-11)20-8-10(6-19-20)9-1-3-12(17)4-2-9/h1-8H,17H2. The van der Waals surface area contributed by atoms with Gasteiger partial charge in [0.25, 0.3) is 0 Å². The van der Waals surface area contributed by atoms with Crippen molar-refractivity contribution in [3.8, 4) is 16.9 Å². The molecule has 0 saturated carbocycles. The van der Waals surface area contributed by atoms with Crippen LogP contribution in [0.5, 0.6) is 0 Å². The highest BCUT2D eigenvalue weighted by atomic mass is 35.5. The zero-order valence-corrected chi connectivity index (χ0v) is 11.8. The van der Waals surface area contributed by atoms with Crippen LogP contribution in [0.3, 0.4) is 0 Å². The van der Waals surface area contributed by atoms with Crippen LogP contribution in [0, 0.1) is 0 Å². The van der Waals surface area contributed by atoms with Crippen LogP contribution in [-0.4, -0.2) is 14.8 Å². The van der Waals surface area contributed by atoms with E-state index in [4.69, 9.17) is 28.9 Å². The molecule has 4 nitrogen and oxygen atoms in total. The minimum absolute atomic E-state index is 0.449. The Bertz CT molecular complexity index is 750. The number of hydrogen-bond donors (Lipinski definition) is 1. The van der Waals surface area contributed by atoms with Gasteiger partial charge in [-0.2, -0.15) is 5.10 Å². The van der Waals surface area contributed by atoms with Gasteiger partial charge >= 0.3 is 0 Å². The van der Waals surface area contributed by atoms with Gasteiger partial charge in [-0.05, 0) is 23.8 Å². The summed E-state index contributed by atoms with van der Waals surface area (Å²) in [4.78, 5) is 4.19. The van der Waals surface area contributed by atoms with Gasteiger partial charge in [-0.1, -0.05) is 35.3 Å². The third-order valence-electron chi connectivity index (χ3n) is 2.83. The van der Waals surface area contributed by atoms with Crippen molar-refractivity contribution >= 4 is 28.9 Å². The summed E-state index contributed by atoms with van der Waals surface area (Å²) in [6.07, 6.45) is 5.14. The second kappa shape index (κ2) is 5.15. The fraction of sp³-hybridized carbons (Fsp3) is 0. The fourth-order valence-corrected chi connectivity index (χ4v) is 2.31.